The molecule has 0 spiro atoms. The van der Waals surface area contributed by atoms with Crippen LogP contribution < -0.4 is 0 Å². The van der Waals surface area contributed by atoms with Crippen LogP contribution in [0.4, 0.5) is 0 Å². The standard InChI is InChI=1S/C54H37N9/c55-49(38-19-7-2-8-20-38)59-50(57-35-37-17-5-1-6-18-37)43-31-44(53-61-51(39-21-9-3-10-22-39)60-52(62-53)40-23-11-4-12-24-40)33-45(32-43)54-58-47-28-13-14-29-48(47)63(54)46-27-15-25-41(34-46)42-26-16-30-56-36-42/h1-36,55H/b55-49?,57-35+,59-50-. The van der Waals surface area contributed by atoms with Gasteiger partial charge >= 0.3 is 0 Å². The quantitative estimate of drug-likeness (QED) is 0.115. The van der Waals surface area contributed by atoms with E-state index < -0.39 is 0 Å². The van der Waals surface area contributed by atoms with Crippen molar-refractivity contribution in [3.63, 3.8) is 0 Å². The van der Waals surface area contributed by atoms with Crippen molar-refractivity contribution in [3.8, 4) is 62.4 Å². The summed E-state index contributed by atoms with van der Waals surface area (Å²) in [5.41, 5.74) is 10.1. The molecule has 0 radical (unpaired) electrons. The summed E-state index contributed by atoms with van der Waals surface area (Å²) in [5.74, 6) is 2.61. The van der Waals surface area contributed by atoms with Gasteiger partial charge in [0.05, 0.1) is 11.0 Å². The molecule has 10 rings (SSSR count). The largest absolute Gasteiger partial charge is 0.292 e. The normalized spacial score (nSPS) is 11.6. The van der Waals surface area contributed by atoms with Crippen molar-refractivity contribution in [1.29, 1.82) is 5.41 Å². The fourth-order valence-corrected chi connectivity index (χ4v) is 7.40. The molecule has 1 N–H and O–H groups in total. The lowest BCUT2D eigenvalue weighted by Gasteiger charge is -2.14. The minimum absolute atomic E-state index is 0.0695. The van der Waals surface area contributed by atoms with Gasteiger partial charge in [-0.25, -0.2) is 29.9 Å². The smallest absolute Gasteiger partial charge is 0.164 e. The van der Waals surface area contributed by atoms with E-state index in [0.29, 0.717) is 45.8 Å². The van der Waals surface area contributed by atoms with Crippen LogP contribution in [0.25, 0.3) is 73.4 Å². The molecule has 0 fully saturated rings. The molecule has 0 aliphatic heterocycles. The van der Waals surface area contributed by atoms with Gasteiger partial charge in [-0.3, -0.25) is 15.0 Å². The van der Waals surface area contributed by atoms with E-state index in [1.54, 1.807) is 12.4 Å². The molecule has 9 heteroatoms. The number of amidine groups is 2. The van der Waals surface area contributed by atoms with Crippen molar-refractivity contribution >= 4 is 28.9 Å². The topological polar surface area (TPSA) is 118 Å². The number of aliphatic imine (C=N–C) groups is 2. The number of pyridine rings is 1. The molecule has 7 aromatic carbocycles. The summed E-state index contributed by atoms with van der Waals surface area (Å²) in [6, 6.07) is 65.7. The van der Waals surface area contributed by atoms with Crippen LogP contribution >= 0.6 is 0 Å². The third-order valence-electron chi connectivity index (χ3n) is 10.5. The number of fused-ring (bicyclic) bond motifs is 1. The molecule has 0 saturated heterocycles. The average Bonchev–Trinajstić information content (AvgIpc) is 3.76. The molecule has 0 unspecified atom stereocenters. The highest BCUT2D eigenvalue weighted by molar-refractivity contribution is 6.14. The van der Waals surface area contributed by atoms with Gasteiger partial charge in [0.15, 0.2) is 29.1 Å². The Morgan fingerprint density at radius 2 is 1.06 bits per heavy atom. The van der Waals surface area contributed by atoms with Crippen molar-refractivity contribution in [2.75, 3.05) is 0 Å². The van der Waals surface area contributed by atoms with E-state index in [1.807, 2.05) is 164 Å². The molecule has 0 aliphatic carbocycles. The first-order chi connectivity index (χ1) is 31.1. The van der Waals surface area contributed by atoms with Crippen LogP contribution in [0.2, 0.25) is 0 Å². The monoisotopic (exact) mass is 811 g/mol. The Morgan fingerprint density at radius 3 is 1.75 bits per heavy atom. The molecular weight excluding hydrogens is 775 g/mol. The van der Waals surface area contributed by atoms with Crippen LogP contribution in [-0.2, 0) is 0 Å². The van der Waals surface area contributed by atoms with Gasteiger partial charge in [0.2, 0.25) is 0 Å². The molecule has 10 aromatic rings. The van der Waals surface area contributed by atoms with Crippen LogP contribution in [0, 0.1) is 5.41 Å². The number of para-hydroxylation sites is 2. The fraction of sp³-hybridized carbons (Fsp3) is 0. The molecular formula is C54H37N9. The molecule has 0 aliphatic rings. The van der Waals surface area contributed by atoms with Gasteiger partial charge in [-0.2, -0.15) is 0 Å². The van der Waals surface area contributed by atoms with E-state index in [4.69, 9.17) is 29.9 Å². The number of hydrogen-bond donors (Lipinski definition) is 1. The van der Waals surface area contributed by atoms with E-state index in [0.717, 1.165) is 50.1 Å². The lowest BCUT2D eigenvalue weighted by Crippen LogP contribution is -2.07. The molecule has 9 nitrogen and oxygen atoms in total. The molecule has 0 atom stereocenters. The highest BCUT2D eigenvalue weighted by atomic mass is 15.1. The maximum absolute atomic E-state index is 9.17. The summed E-state index contributed by atoms with van der Waals surface area (Å²) < 4.78 is 2.17. The summed E-state index contributed by atoms with van der Waals surface area (Å²) in [6.45, 7) is 0. The number of nitrogens with one attached hydrogen (secondary N) is 1. The maximum Gasteiger partial charge on any atom is 0.164 e. The van der Waals surface area contributed by atoms with Gasteiger partial charge in [0.1, 0.15) is 5.82 Å². The Labute approximate surface area is 364 Å². The second kappa shape index (κ2) is 17.4. The van der Waals surface area contributed by atoms with Gasteiger partial charge < -0.3 is 0 Å². The number of rotatable bonds is 9. The first-order valence-electron chi connectivity index (χ1n) is 20.5. The van der Waals surface area contributed by atoms with E-state index in [9.17, 15) is 5.41 Å². The number of imidazole rings is 1. The second-order valence-electron chi connectivity index (χ2n) is 14.7. The van der Waals surface area contributed by atoms with Gasteiger partial charge in [-0.05, 0) is 59.7 Å². The van der Waals surface area contributed by atoms with Crippen LogP contribution in [0.1, 0.15) is 16.7 Å². The first kappa shape index (κ1) is 38.4. The van der Waals surface area contributed by atoms with Gasteiger partial charge in [0.25, 0.3) is 0 Å². The van der Waals surface area contributed by atoms with Crippen molar-refractivity contribution in [2.24, 2.45) is 9.98 Å². The van der Waals surface area contributed by atoms with E-state index in [1.165, 1.54) is 0 Å². The SMILES string of the molecule is N=C(/N=C(\N=C\c1ccccc1)c1cc(-c2nc(-c3ccccc3)nc(-c3ccccc3)n2)cc(-c2nc3ccccc3n2-c2cccc(-c3cccnc3)c2)c1)c1ccccc1. The third-order valence-corrected chi connectivity index (χ3v) is 10.5. The number of nitrogens with zero attached hydrogens (tertiary/aromatic N) is 8. The van der Waals surface area contributed by atoms with Gasteiger partial charge in [-0.15, -0.1) is 0 Å². The Morgan fingerprint density at radius 1 is 0.476 bits per heavy atom. The summed E-state index contributed by atoms with van der Waals surface area (Å²) >= 11 is 0. The van der Waals surface area contributed by atoms with Crippen molar-refractivity contribution in [2.45, 2.75) is 0 Å². The van der Waals surface area contributed by atoms with E-state index in [-0.39, 0.29) is 5.84 Å². The van der Waals surface area contributed by atoms with Crippen LogP contribution in [-0.4, -0.2) is 47.4 Å². The highest BCUT2D eigenvalue weighted by Crippen LogP contribution is 2.34. The minimum atomic E-state index is 0.0695. The summed E-state index contributed by atoms with van der Waals surface area (Å²) in [4.78, 5) is 34.8. The number of hydrogen-bond acceptors (Lipinski definition) is 6. The summed E-state index contributed by atoms with van der Waals surface area (Å²) in [6.07, 6.45) is 5.42. The molecule has 3 aromatic heterocycles. The zero-order valence-corrected chi connectivity index (χ0v) is 33.9. The Hall–Kier alpha value is -8.82. The van der Waals surface area contributed by atoms with Crippen molar-refractivity contribution in [1.82, 2.24) is 29.5 Å². The number of benzene rings is 7. The number of aromatic nitrogens is 6. The summed E-state index contributed by atoms with van der Waals surface area (Å²) in [7, 11) is 0. The second-order valence-corrected chi connectivity index (χ2v) is 14.7. The van der Waals surface area contributed by atoms with Gasteiger partial charge in [-0.1, -0.05) is 152 Å². The maximum atomic E-state index is 9.17. The highest BCUT2D eigenvalue weighted by Gasteiger charge is 2.20. The van der Waals surface area contributed by atoms with Crippen molar-refractivity contribution in [3.05, 3.63) is 229 Å². The molecule has 298 valence electrons. The predicted octanol–water partition coefficient (Wildman–Crippen LogP) is 11.8. The third kappa shape index (κ3) is 8.35. The minimum Gasteiger partial charge on any atom is -0.292 e. The Bertz CT molecular complexity index is 3220. The van der Waals surface area contributed by atoms with E-state index >= 15 is 0 Å². The zero-order chi connectivity index (χ0) is 42.4. The molecule has 63 heavy (non-hydrogen) atoms. The van der Waals surface area contributed by atoms with E-state index in [2.05, 4.69) is 52.0 Å². The van der Waals surface area contributed by atoms with Gasteiger partial charge in [0, 0.05) is 63.2 Å². The van der Waals surface area contributed by atoms with Crippen LogP contribution in [0.15, 0.2) is 223 Å². The zero-order valence-electron chi connectivity index (χ0n) is 33.9. The fourth-order valence-electron chi connectivity index (χ4n) is 7.40. The molecule has 3 heterocycles. The average molecular weight is 812 g/mol. The Balaban J connectivity index is 1.24. The lowest BCUT2D eigenvalue weighted by atomic mass is 10.0. The van der Waals surface area contributed by atoms with Crippen LogP contribution in [0.5, 0.6) is 0 Å². The molecule has 0 saturated carbocycles. The molecule has 0 amide bonds. The molecule has 0 bridgehead atoms. The lowest BCUT2D eigenvalue weighted by molar-refractivity contribution is 1.07. The Kier molecular flexibility index (Phi) is 10.6. The summed E-state index contributed by atoms with van der Waals surface area (Å²) in [5, 5.41) is 9.17. The van der Waals surface area contributed by atoms with Crippen molar-refractivity contribution < 1.29 is 0 Å². The van der Waals surface area contributed by atoms with Crippen LogP contribution in [0.3, 0.4) is 0 Å². The predicted molar refractivity (Wildman–Crippen MR) is 253 cm³/mol. The first-order valence-corrected chi connectivity index (χ1v) is 20.5.